The highest BCUT2D eigenvalue weighted by atomic mass is 35.5. The van der Waals surface area contributed by atoms with Gasteiger partial charge in [0.05, 0.1) is 17.7 Å². The van der Waals surface area contributed by atoms with Gasteiger partial charge < -0.3 is 14.8 Å². The van der Waals surface area contributed by atoms with Gasteiger partial charge in [-0.2, -0.15) is 0 Å². The third kappa shape index (κ3) is 5.48. The second kappa shape index (κ2) is 9.42. The van der Waals surface area contributed by atoms with Crippen LogP contribution < -0.4 is 5.32 Å². The lowest BCUT2D eigenvalue weighted by molar-refractivity contribution is -0.128. The van der Waals surface area contributed by atoms with Crippen LogP contribution in [0.1, 0.15) is 19.8 Å². The molecule has 2 unspecified atom stereocenters. The molecule has 3 rings (SSSR count). The van der Waals surface area contributed by atoms with E-state index in [1.807, 2.05) is 48.5 Å². The molecule has 1 saturated heterocycles. The molecule has 0 aromatic heterocycles. The van der Waals surface area contributed by atoms with E-state index in [0.717, 1.165) is 39.9 Å². The van der Waals surface area contributed by atoms with Crippen molar-refractivity contribution in [3.05, 3.63) is 53.6 Å². The molecule has 1 heterocycles. The molecule has 0 radical (unpaired) electrons. The van der Waals surface area contributed by atoms with Crippen LogP contribution in [0, 0.1) is 0 Å². The number of hydrogen-bond acceptors (Lipinski definition) is 4. The van der Waals surface area contributed by atoms with Crippen LogP contribution in [0.5, 0.6) is 0 Å². The molecule has 1 amide bonds. The molecule has 0 aliphatic carbocycles. The Kier molecular flexibility index (Phi) is 6.97. The number of halogens is 1. The molecule has 1 N–H and O–H groups in total. The summed E-state index contributed by atoms with van der Waals surface area (Å²) in [6.07, 6.45) is 1.66. The maximum atomic E-state index is 12.2. The van der Waals surface area contributed by atoms with Gasteiger partial charge >= 0.3 is 0 Å². The van der Waals surface area contributed by atoms with E-state index < -0.39 is 6.10 Å². The van der Waals surface area contributed by atoms with Gasteiger partial charge in [0.1, 0.15) is 6.10 Å². The molecule has 0 saturated carbocycles. The van der Waals surface area contributed by atoms with Gasteiger partial charge in [-0.15, -0.1) is 0 Å². The second-order valence-electron chi connectivity index (χ2n) is 6.16. The number of amides is 1. The topological polar surface area (TPSA) is 47.6 Å². The minimum atomic E-state index is -0.517. The van der Waals surface area contributed by atoms with Gasteiger partial charge in [0.2, 0.25) is 0 Å². The van der Waals surface area contributed by atoms with E-state index in [9.17, 15) is 4.79 Å². The fourth-order valence-electron chi connectivity index (χ4n) is 2.61. The van der Waals surface area contributed by atoms with Crippen molar-refractivity contribution < 1.29 is 14.3 Å². The van der Waals surface area contributed by atoms with Gasteiger partial charge in [-0.25, -0.2) is 0 Å². The van der Waals surface area contributed by atoms with Crippen molar-refractivity contribution >= 4 is 35.0 Å². The SMILES string of the molecule is CC(OCC1CCCO1)C(=O)Nc1ccc(Sc2ccccc2Cl)cc1. The fraction of sp³-hybridized carbons (Fsp3) is 0.350. The number of nitrogens with one attached hydrogen (secondary N) is 1. The molecule has 26 heavy (non-hydrogen) atoms. The summed E-state index contributed by atoms with van der Waals surface area (Å²) >= 11 is 7.77. The zero-order valence-electron chi connectivity index (χ0n) is 14.6. The van der Waals surface area contributed by atoms with Crippen LogP contribution in [0.25, 0.3) is 0 Å². The summed E-state index contributed by atoms with van der Waals surface area (Å²) in [7, 11) is 0. The van der Waals surface area contributed by atoms with Crippen LogP contribution >= 0.6 is 23.4 Å². The molecule has 138 valence electrons. The Morgan fingerprint density at radius 3 is 2.77 bits per heavy atom. The number of rotatable bonds is 7. The molecular weight excluding hydrogens is 370 g/mol. The van der Waals surface area contributed by atoms with E-state index >= 15 is 0 Å². The van der Waals surface area contributed by atoms with Crippen LogP contribution in [0.2, 0.25) is 5.02 Å². The summed E-state index contributed by atoms with van der Waals surface area (Å²) in [6, 6.07) is 15.4. The largest absolute Gasteiger partial charge is 0.376 e. The summed E-state index contributed by atoms with van der Waals surface area (Å²) in [6.45, 7) is 3.00. The molecule has 2 atom stereocenters. The highest BCUT2D eigenvalue weighted by molar-refractivity contribution is 7.99. The average Bonchev–Trinajstić information content (AvgIpc) is 3.17. The lowest BCUT2D eigenvalue weighted by Crippen LogP contribution is -2.30. The molecule has 1 fully saturated rings. The van der Waals surface area contributed by atoms with Crippen molar-refractivity contribution in [2.24, 2.45) is 0 Å². The zero-order valence-corrected chi connectivity index (χ0v) is 16.2. The number of ether oxygens (including phenoxy) is 2. The summed E-state index contributed by atoms with van der Waals surface area (Å²) < 4.78 is 11.1. The van der Waals surface area contributed by atoms with Crippen LogP contribution in [0.4, 0.5) is 5.69 Å². The number of anilines is 1. The maximum absolute atomic E-state index is 12.2. The molecule has 0 spiro atoms. The molecule has 4 nitrogen and oxygen atoms in total. The lowest BCUT2D eigenvalue weighted by Gasteiger charge is -2.16. The molecule has 2 aromatic carbocycles. The van der Waals surface area contributed by atoms with E-state index in [2.05, 4.69) is 5.32 Å². The third-order valence-electron chi connectivity index (χ3n) is 4.11. The Balaban J connectivity index is 1.50. The summed E-state index contributed by atoms with van der Waals surface area (Å²) in [5.41, 5.74) is 0.742. The Hall–Kier alpha value is -1.53. The van der Waals surface area contributed by atoms with Gasteiger partial charge in [0.15, 0.2) is 0 Å². The summed E-state index contributed by atoms with van der Waals surface area (Å²) in [4.78, 5) is 14.3. The smallest absolute Gasteiger partial charge is 0.253 e. The Labute approximate surface area is 163 Å². The molecule has 1 aliphatic heterocycles. The second-order valence-corrected chi connectivity index (χ2v) is 7.68. The van der Waals surface area contributed by atoms with Crippen molar-refractivity contribution in [1.82, 2.24) is 0 Å². The van der Waals surface area contributed by atoms with E-state index in [4.69, 9.17) is 21.1 Å². The van der Waals surface area contributed by atoms with Gasteiger partial charge in [-0.05, 0) is 56.2 Å². The summed E-state index contributed by atoms with van der Waals surface area (Å²) in [5, 5.41) is 3.61. The van der Waals surface area contributed by atoms with Crippen molar-refractivity contribution in [1.29, 1.82) is 0 Å². The van der Waals surface area contributed by atoms with E-state index in [-0.39, 0.29) is 12.0 Å². The zero-order chi connectivity index (χ0) is 18.4. The van der Waals surface area contributed by atoms with Crippen LogP contribution in [-0.4, -0.2) is 31.3 Å². The molecule has 2 aromatic rings. The van der Waals surface area contributed by atoms with Crippen LogP contribution in [0.3, 0.4) is 0 Å². The number of hydrogen-bond donors (Lipinski definition) is 1. The predicted molar refractivity (Wildman–Crippen MR) is 105 cm³/mol. The highest BCUT2D eigenvalue weighted by Crippen LogP contribution is 2.33. The fourth-order valence-corrected chi connectivity index (χ4v) is 3.70. The first-order valence-corrected chi connectivity index (χ1v) is 9.88. The van der Waals surface area contributed by atoms with Gasteiger partial charge in [0, 0.05) is 22.1 Å². The summed E-state index contributed by atoms with van der Waals surface area (Å²) in [5.74, 6) is -0.158. The van der Waals surface area contributed by atoms with Gasteiger partial charge in [0.25, 0.3) is 5.91 Å². The van der Waals surface area contributed by atoms with Gasteiger partial charge in [-0.3, -0.25) is 4.79 Å². The first-order valence-electron chi connectivity index (χ1n) is 8.68. The first kappa shape index (κ1) is 19.2. The number of benzene rings is 2. The Morgan fingerprint density at radius 1 is 1.31 bits per heavy atom. The average molecular weight is 392 g/mol. The van der Waals surface area contributed by atoms with E-state index in [0.29, 0.717) is 6.61 Å². The molecule has 6 heteroatoms. The lowest BCUT2D eigenvalue weighted by atomic mass is 10.2. The quantitative estimate of drug-likeness (QED) is 0.720. The van der Waals surface area contributed by atoms with Crippen molar-refractivity contribution in [2.45, 2.75) is 41.8 Å². The van der Waals surface area contributed by atoms with Crippen molar-refractivity contribution in [3.8, 4) is 0 Å². The van der Waals surface area contributed by atoms with Crippen LogP contribution in [-0.2, 0) is 14.3 Å². The monoisotopic (exact) mass is 391 g/mol. The third-order valence-corrected chi connectivity index (χ3v) is 5.64. The van der Waals surface area contributed by atoms with Crippen LogP contribution in [0.15, 0.2) is 58.3 Å². The van der Waals surface area contributed by atoms with Crippen molar-refractivity contribution in [3.63, 3.8) is 0 Å². The van der Waals surface area contributed by atoms with Crippen molar-refractivity contribution in [2.75, 3.05) is 18.5 Å². The molecule has 0 bridgehead atoms. The molecule has 1 aliphatic rings. The predicted octanol–water partition coefficient (Wildman–Crippen LogP) is 5.01. The Bertz CT molecular complexity index is 732. The number of carbonyl (C=O) groups excluding carboxylic acids is 1. The minimum Gasteiger partial charge on any atom is -0.376 e. The normalized spacial score (nSPS) is 17.8. The molecular formula is C20H22ClNO3S. The first-order chi connectivity index (χ1) is 12.6. The van der Waals surface area contributed by atoms with E-state index in [1.165, 1.54) is 0 Å². The van der Waals surface area contributed by atoms with E-state index in [1.54, 1.807) is 18.7 Å². The standard InChI is InChI=1S/C20H22ClNO3S/c1-14(25-13-16-5-4-12-24-16)20(23)22-15-8-10-17(11-9-15)26-19-7-3-2-6-18(19)21/h2-3,6-11,14,16H,4-5,12-13H2,1H3,(H,22,23). The Morgan fingerprint density at radius 2 is 2.08 bits per heavy atom. The van der Waals surface area contributed by atoms with Gasteiger partial charge in [-0.1, -0.05) is 35.5 Å². The number of carbonyl (C=O) groups is 1. The minimum absolute atomic E-state index is 0.117. The highest BCUT2D eigenvalue weighted by Gasteiger charge is 2.19. The maximum Gasteiger partial charge on any atom is 0.253 e.